The molecule has 1 rings (SSSR count). The van der Waals surface area contributed by atoms with E-state index in [1.807, 2.05) is 38.1 Å². The molecule has 0 saturated heterocycles. The summed E-state index contributed by atoms with van der Waals surface area (Å²) in [4.78, 5) is 0. The first-order chi connectivity index (χ1) is 7.58. The van der Waals surface area contributed by atoms with Crippen LogP contribution >= 0.6 is 15.9 Å². The zero-order chi connectivity index (χ0) is 12.0. The second-order valence-corrected chi connectivity index (χ2v) is 4.90. The van der Waals surface area contributed by atoms with Crippen LogP contribution in [0, 0.1) is 0 Å². The summed E-state index contributed by atoms with van der Waals surface area (Å²) in [5.41, 5.74) is 0. The first-order valence-corrected chi connectivity index (χ1v) is 6.17. The van der Waals surface area contributed by atoms with E-state index >= 15 is 0 Å². The van der Waals surface area contributed by atoms with Crippen molar-refractivity contribution in [3.05, 3.63) is 28.7 Å². The van der Waals surface area contributed by atoms with Gasteiger partial charge in [0, 0.05) is 17.1 Å². The molecule has 16 heavy (non-hydrogen) atoms. The minimum Gasteiger partial charge on any atom is -0.491 e. The van der Waals surface area contributed by atoms with Crippen molar-refractivity contribution in [3.8, 4) is 5.75 Å². The largest absolute Gasteiger partial charge is 0.491 e. The zero-order valence-corrected chi connectivity index (χ0v) is 11.2. The maximum Gasteiger partial charge on any atom is 0.120 e. The first-order valence-electron chi connectivity index (χ1n) is 5.37. The van der Waals surface area contributed by atoms with E-state index < -0.39 is 6.10 Å². The molecular formula is C12H18BrNO2. The number of benzene rings is 1. The van der Waals surface area contributed by atoms with E-state index in [-0.39, 0.29) is 0 Å². The van der Waals surface area contributed by atoms with Gasteiger partial charge in [-0.2, -0.15) is 0 Å². The van der Waals surface area contributed by atoms with E-state index in [9.17, 15) is 5.11 Å². The van der Waals surface area contributed by atoms with Crippen LogP contribution in [0.5, 0.6) is 5.75 Å². The number of aliphatic hydroxyl groups is 1. The van der Waals surface area contributed by atoms with Crippen LogP contribution in [0.3, 0.4) is 0 Å². The fraction of sp³-hybridized carbons (Fsp3) is 0.500. The van der Waals surface area contributed by atoms with Crippen LogP contribution in [0.15, 0.2) is 28.7 Å². The fourth-order valence-corrected chi connectivity index (χ4v) is 1.56. The van der Waals surface area contributed by atoms with Gasteiger partial charge in [-0.25, -0.2) is 0 Å². The Kier molecular flexibility index (Phi) is 5.80. The van der Waals surface area contributed by atoms with E-state index in [1.54, 1.807) is 0 Å². The average molecular weight is 288 g/mol. The van der Waals surface area contributed by atoms with Crippen molar-refractivity contribution in [1.29, 1.82) is 0 Å². The van der Waals surface area contributed by atoms with E-state index in [2.05, 4.69) is 21.2 Å². The molecule has 0 aliphatic rings. The van der Waals surface area contributed by atoms with Crippen molar-refractivity contribution < 1.29 is 9.84 Å². The van der Waals surface area contributed by atoms with Crippen LogP contribution in [0.25, 0.3) is 0 Å². The molecule has 0 saturated carbocycles. The van der Waals surface area contributed by atoms with Crippen molar-refractivity contribution >= 4 is 15.9 Å². The lowest BCUT2D eigenvalue weighted by atomic mass is 10.3. The lowest BCUT2D eigenvalue weighted by Gasteiger charge is -2.15. The van der Waals surface area contributed by atoms with E-state index in [4.69, 9.17) is 4.74 Å². The summed E-state index contributed by atoms with van der Waals surface area (Å²) >= 11 is 3.36. The number of rotatable bonds is 6. The predicted molar refractivity (Wildman–Crippen MR) is 68.8 cm³/mol. The monoisotopic (exact) mass is 287 g/mol. The molecule has 0 aliphatic carbocycles. The summed E-state index contributed by atoms with van der Waals surface area (Å²) in [6.45, 7) is 4.94. The third-order valence-electron chi connectivity index (χ3n) is 2.00. The van der Waals surface area contributed by atoms with Gasteiger partial charge in [-0.15, -0.1) is 0 Å². The molecule has 0 aliphatic heterocycles. The zero-order valence-electron chi connectivity index (χ0n) is 9.61. The third-order valence-corrected chi connectivity index (χ3v) is 2.49. The van der Waals surface area contributed by atoms with Gasteiger partial charge >= 0.3 is 0 Å². The third kappa shape index (κ3) is 5.49. The lowest BCUT2D eigenvalue weighted by Crippen LogP contribution is -2.35. The Morgan fingerprint density at radius 1 is 1.44 bits per heavy atom. The standard InChI is InChI=1S/C12H18BrNO2/c1-9(2)14-7-11(15)8-16-12-5-3-4-10(13)6-12/h3-6,9,11,14-15H,7-8H2,1-2H3. The Morgan fingerprint density at radius 3 is 2.81 bits per heavy atom. The van der Waals surface area contributed by atoms with Gasteiger partial charge in [-0.1, -0.05) is 35.8 Å². The number of aliphatic hydroxyl groups excluding tert-OH is 1. The summed E-state index contributed by atoms with van der Waals surface area (Å²) in [6, 6.07) is 7.96. The SMILES string of the molecule is CC(C)NCC(O)COc1cccc(Br)c1. The molecule has 0 spiro atoms. The van der Waals surface area contributed by atoms with Gasteiger partial charge in [0.25, 0.3) is 0 Å². The number of halogens is 1. The molecule has 0 radical (unpaired) electrons. The van der Waals surface area contributed by atoms with Gasteiger partial charge in [0.2, 0.25) is 0 Å². The molecule has 0 heterocycles. The Hall–Kier alpha value is -0.580. The van der Waals surface area contributed by atoms with Crippen LogP contribution in [0.1, 0.15) is 13.8 Å². The van der Waals surface area contributed by atoms with Gasteiger partial charge in [0.1, 0.15) is 18.5 Å². The predicted octanol–water partition coefficient (Wildman–Crippen LogP) is 2.19. The lowest BCUT2D eigenvalue weighted by molar-refractivity contribution is 0.104. The maximum absolute atomic E-state index is 9.63. The fourth-order valence-electron chi connectivity index (χ4n) is 1.18. The summed E-state index contributed by atoms with van der Waals surface area (Å²) in [5, 5.41) is 12.8. The van der Waals surface area contributed by atoms with Gasteiger partial charge in [-0.05, 0) is 18.2 Å². The molecule has 90 valence electrons. The van der Waals surface area contributed by atoms with E-state index in [0.29, 0.717) is 19.2 Å². The molecule has 0 bridgehead atoms. The Balaban J connectivity index is 2.28. The highest BCUT2D eigenvalue weighted by Crippen LogP contribution is 2.17. The summed E-state index contributed by atoms with van der Waals surface area (Å²) in [6.07, 6.45) is -0.485. The maximum atomic E-state index is 9.63. The van der Waals surface area contributed by atoms with Crippen molar-refractivity contribution in [1.82, 2.24) is 5.32 Å². The normalized spacial score (nSPS) is 12.8. The summed E-state index contributed by atoms with van der Waals surface area (Å²) in [7, 11) is 0. The van der Waals surface area contributed by atoms with Gasteiger partial charge in [-0.3, -0.25) is 0 Å². The van der Waals surface area contributed by atoms with Crippen LogP contribution < -0.4 is 10.1 Å². The molecule has 1 aromatic rings. The number of hydrogen-bond acceptors (Lipinski definition) is 3. The molecule has 0 aromatic heterocycles. The Bertz CT molecular complexity index is 318. The molecule has 1 aromatic carbocycles. The average Bonchev–Trinajstić information content (AvgIpc) is 2.23. The van der Waals surface area contributed by atoms with Crippen LogP contribution in [0.2, 0.25) is 0 Å². The highest BCUT2D eigenvalue weighted by Gasteiger charge is 2.05. The van der Waals surface area contributed by atoms with Crippen LogP contribution in [-0.2, 0) is 0 Å². The van der Waals surface area contributed by atoms with Crippen molar-refractivity contribution in [3.63, 3.8) is 0 Å². The Morgan fingerprint density at radius 2 is 2.19 bits per heavy atom. The molecule has 0 amide bonds. The van der Waals surface area contributed by atoms with E-state index in [0.717, 1.165) is 10.2 Å². The van der Waals surface area contributed by atoms with Crippen LogP contribution in [-0.4, -0.2) is 30.4 Å². The quantitative estimate of drug-likeness (QED) is 0.843. The summed E-state index contributed by atoms with van der Waals surface area (Å²) in [5.74, 6) is 0.762. The Labute approximate surface area is 105 Å². The smallest absolute Gasteiger partial charge is 0.120 e. The van der Waals surface area contributed by atoms with Crippen molar-refractivity contribution in [2.45, 2.75) is 26.0 Å². The first kappa shape index (κ1) is 13.5. The molecular weight excluding hydrogens is 270 g/mol. The minimum absolute atomic E-state index is 0.302. The number of hydrogen-bond donors (Lipinski definition) is 2. The number of ether oxygens (including phenoxy) is 1. The van der Waals surface area contributed by atoms with Crippen molar-refractivity contribution in [2.75, 3.05) is 13.2 Å². The topological polar surface area (TPSA) is 41.5 Å². The second kappa shape index (κ2) is 6.89. The minimum atomic E-state index is -0.485. The molecule has 1 unspecified atom stereocenters. The van der Waals surface area contributed by atoms with Gasteiger partial charge < -0.3 is 15.2 Å². The highest BCUT2D eigenvalue weighted by molar-refractivity contribution is 9.10. The second-order valence-electron chi connectivity index (χ2n) is 3.99. The van der Waals surface area contributed by atoms with Gasteiger partial charge in [0.05, 0.1) is 0 Å². The highest BCUT2D eigenvalue weighted by atomic mass is 79.9. The molecule has 1 atom stereocenters. The molecule has 2 N–H and O–H groups in total. The van der Waals surface area contributed by atoms with Crippen LogP contribution in [0.4, 0.5) is 0 Å². The van der Waals surface area contributed by atoms with Gasteiger partial charge in [0.15, 0.2) is 0 Å². The summed E-state index contributed by atoms with van der Waals surface area (Å²) < 4.78 is 6.43. The number of nitrogens with one attached hydrogen (secondary N) is 1. The van der Waals surface area contributed by atoms with Crippen molar-refractivity contribution in [2.24, 2.45) is 0 Å². The molecule has 4 heteroatoms. The molecule has 3 nitrogen and oxygen atoms in total. The molecule has 0 fully saturated rings. The van der Waals surface area contributed by atoms with E-state index in [1.165, 1.54) is 0 Å².